The third-order valence-corrected chi connectivity index (χ3v) is 2.71. The molecule has 106 valence electrons. The van der Waals surface area contributed by atoms with Crippen LogP contribution < -0.4 is 4.74 Å². The van der Waals surface area contributed by atoms with Crippen LogP contribution in [0.2, 0.25) is 5.02 Å². The van der Waals surface area contributed by atoms with E-state index in [0.717, 1.165) is 11.4 Å². The molecule has 7 heteroatoms. The summed E-state index contributed by atoms with van der Waals surface area (Å²) in [6, 6.07) is 5.24. The van der Waals surface area contributed by atoms with E-state index in [0.29, 0.717) is 17.5 Å². The Kier molecular flexibility index (Phi) is 4.57. The molecule has 0 bridgehead atoms. The summed E-state index contributed by atoms with van der Waals surface area (Å²) in [5.74, 6) is -0.0865. The molecule has 0 aromatic carbocycles. The van der Waals surface area contributed by atoms with Gasteiger partial charge in [0.25, 0.3) is 0 Å². The Bertz CT molecular complexity index is 595. The average Bonchev–Trinajstić information content (AvgIpc) is 2.79. The number of esters is 1. The van der Waals surface area contributed by atoms with E-state index in [9.17, 15) is 4.79 Å². The van der Waals surface area contributed by atoms with Gasteiger partial charge >= 0.3 is 5.97 Å². The van der Waals surface area contributed by atoms with Crippen molar-refractivity contribution in [2.75, 3.05) is 13.2 Å². The largest absolute Gasteiger partial charge is 0.465 e. The van der Waals surface area contributed by atoms with E-state index in [-0.39, 0.29) is 6.61 Å². The van der Waals surface area contributed by atoms with Crippen LogP contribution in [-0.4, -0.2) is 33.9 Å². The van der Waals surface area contributed by atoms with Crippen molar-refractivity contribution >= 4 is 17.6 Å². The molecule has 0 aliphatic heterocycles. The van der Waals surface area contributed by atoms with Crippen molar-refractivity contribution < 1.29 is 14.3 Å². The van der Waals surface area contributed by atoms with Gasteiger partial charge in [-0.05, 0) is 19.1 Å². The van der Waals surface area contributed by atoms with Gasteiger partial charge in [0.15, 0.2) is 6.61 Å². The smallest absolute Gasteiger partial charge is 0.344 e. The second-order valence-corrected chi connectivity index (χ2v) is 4.38. The fraction of sp³-hybridized carbons (Fsp3) is 0.308. The highest BCUT2D eigenvalue weighted by molar-refractivity contribution is 6.30. The lowest BCUT2D eigenvalue weighted by molar-refractivity contribution is -0.145. The number of nitrogens with zero attached hydrogens (tertiary/aromatic N) is 3. The van der Waals surface area contributed by atoms with Crippen LogP contribution in [0.15, 0.2) is 24.4 Å². The molecule has 0 radical (unpaired) electrons. The topological polar surface area (TPSA) is 66.2 Å². The van der Waals surface area contributed by atoms with Crippen LogP contribution in [-0.2, 0) is 16.6 Å². The molecule has 0 fully saturated rings. The van der Waals surface area contributed by atoms with Crippen LogP contribution >= 0.6 is 11.6 Å². The first-order valence-electron chi connectivity index (χ1n) is 6.04. The van der Waals surface area contributed by atoms with E-state index < -0.39 is 5.97 Å². The van der Waals surface area contributed by atoms with Crippen LogP contribution in [0.1, 0.15) is 6.92 Å². The SMILES string of the molecule is CCOC(=O)COc1cc(-c2ccc(Cl)cn2)n(C)n1. The third-order valence-electron chi connectivity index (χ3n) is 2.49. The summed E-state index contributed by atoms with van der Waals surface area (Å²) >= 11 is 5.80. The van der Waals surface area contributed by atoms with Crippen molar-refractivity contribution in [1.82, 2.24) is 14.8 Å². The summed E-state index contributed by atoms with van der Waals surface area (Å²) in [5.41, 5.74) is 1.48. The number of carbonyl (C=O) groups excluding carboxylic acids is 1. The van der Waals surface area contributed by atoms with Crippen LogP contribution in [0.3, 0.4) is 0 Å². The lowest BCUT2D eigenvalue weighted by Gasteiger charge is -2.01. The summed E-state index contributed by atoms with van der Waals surface area (Å²) in [7, 11) is 1.77. The van der Waals surface area contributed by atoms with Crippen LogP contribution in [0, 0.1) is 0 Å². The number of rotatable bonds is 5. The molecule has 0 amide bonds. The van der Waals surface area contributed by atoms with Crippen molar-refractivity contribution in [2.24, 2.45) is 7.05 Å². The Labute approximate surface area is 121 Å². The van der Waals surface area contributed by atoms with Gasteiger partial charge in [0.2, 0.25) is 5.88 Å². The molecule has 0 atom stereocenters. The highest BCUT2D eigenvalue weighted by Crippen LogP contribution is 2.22. The highest BCUT2D eigenvalue weighted by Gasteiger charge is 2.11. The number of aromatic nitrogens is 3. The number of aryl methyl sites for hydroxylation is 1. The normalized spacial score (nSPS) is 10.3. The zero-order chi connectivity index (χ0) is 14.5. The molecular weight excluding hydrogens is 282 g/mol. The molecule has 2 aromatic rings. The van der Waals surface area contributed by atoms with Gasteiger partial charge in [-0.2, -0.15) is 0 Å². The second kappa shape index (κ2) is 6.38. The van der Waals surface area contributed by atoms with Gasteiger partial charge in [0.05, 0.1) is 23.0 Å². The maximum atomic E-state index is 11.2. The molecule has 20 heavy (non-hydrogen) atoms. The van der Waals surface area contributed by atoms with E-state index in [1.807, 2.05) is 0 Å². The molecule has 2 rings (SSSR count). The van der Waals surface area contributed by atoms with E-state index in [1.165, 1.54) is 0 Å². The van der Waals surface area contributed by atoms with Gasteiger partial charge in [0.1, 0.15) is 0 Å². The first-order valence-corrected chi connectivity index (χ1v) is 6.42. The van der Waals surface area contributed by atoms with Gasteiger partial charge in [-0.15, -0.1) is 5.10 Å². The number of carbonyl (C=O) groups is 1. The van der Waals surface area contributed by atoms with Crippen LogP contribution in [0.4, 0.5) is 0 Å². The molecule has 0 unspecified atom stereocenters. The Morgan fingerprint density at radius 1 is 1.45 bits per heavy atom. The molecule has 2 heterocycles. The maximum Gasteiger partial charge on any atom is 0.344 e. The van der Waals surface area contributed by atoms with Gasteiger partial charge in [0, 0.05) is 19.3 Å². The lowest BCUT2D eigenvalue weighted by Crippen LogP contribution is -2.14. The minimum atomic E-state index is -0.427. The zero-order valence-electron chi connectivity index (χ0n) is 11.2. The molecule has 0 spiro atoms. The van der Waals surface area contributed by atoms with E-state index >= 15 is 0 Å². The maximum absolute atomic E-state index is 11.2. The number of hydrogen-bond acceptors (Lipinski definition) is 5. The highest BCUT2D eigenvalue weighted by atomic mass is 35.5. The zero-order valence-corrected chi connectivity index (χ0v) is 11.9. The number of pyridine rings is 1. The summed E-state index contributed by atoms with van der Waals surface area (Å²) in [5, 5.41) is 4.72. The fourth-order valence-electron chi connectivity index (χ4n) is 1.61. The van der Waals surface area contributed by atoms with Crippen molar-refractivity contribution in [2.45, 2.75) is 6.92 Å². The predicted molar refractivity (Wildman–Crippen MR) is 73.6 cm³/mol. The number of halogens is 1. The van der Waals surface area contributed by atoms with E-state index in [2.05, 4.69) is 10.1 Å². The average molecular weight is 296 g/mol. The van der Waals surface area contributed by atoms with Gasteiger partial charge in [-0.3, -0.25) is 9.67 Å². The Morgan fingerprint density at radius 3 is 2.90 bits per heavy atom. The number of hydrogen-bond donors (Lipinski definition) is 0. The summed E-state index contributed by atoms with van der Waals surface area (Å²) < 4.78 is 11.7. The Morgan fingerprint density at radius 2 is 2.25 bits per heavy atom. The molecule has 6 nitrogen and oxygen atoms in total. The standard InChI is InChI=1S/C13H14ClN3O3/c1-3-19-13(18)8-20-12-6-11(17(2)16-12)10-5-4-9(14)7-15-10/h4-7H,3,8H2,1-2H3. The lowest BCUT2D eigenvalue weighted by atomic mass is 10.3. The van der Waals surface area contributed by atoms with E-state index in [4.69, 9.17) is 21.1 Å². The van der Waals surface area contributed by atoms with Gasteiger partial charge in [-0.25, -0.2) is 4.79 Å². The van der Waals surface area contributed by atoms with Crippen LogP contribution in [0.25, 0.3) is 11.4 Å². The molecule has 0 saturated carbocycles. The molecule has 2 aromatic heterocycles. The predicted octanol–water partition coefficient (Wildman–Crippen LogP) is 2.08. The Hall–Kier alpha value is -2.08. The molecule has 0 N–H and O–H groups in total. The van der Waals surface area contributed by atoms with Crippen LogP contribution in [0.5, 0.6) is 5.88 Å². The Balaban J connectivity index is 2.09. The molecule has 0 aliphatic rings. The second-order valence-electron chi connectivity index (χ2n) is 3.95. The monoisotopic (exact) mass is 295 g/mol. The van der Waals surface area contributed by atoms with Gasteiger partial charge < -0.3 is 9.47 Å². The van der Waals surface area contributed by atoms with Crippen molar-refractivity contribution in [1.29, 1.82) is 0 Å². The molecule has 0 aliphatic carbocycles. The minimum Gasteiger partial charge on any atom is -0.465 e. The quantitative estimate of drug-likeness (QED) is 0.790. The molecular formula is C13H14ClN3O3. The van der Waals surface area contributed by atoms with Crippen molar-refractivity contribution in [3.8, 4) is 17.3 Å². The summed E-state index contributed by atoms with van der Waals surface area (Å²) in [4.78, 5) is 15.4. The first kappa shape index (κ1) is 14.3. The summed E-state index contributed by atoms with van der Waals surface area (Å²) in [6.07, 6.45) is 1.56. The van der Waals surface area contributed by atoms with Crippen molar-refractivity contribution in [3.05, 3.63) is 29.4 Å². The minimum absolute atomic E-state index is 0.168. The summed E-state index contributed by atoms with van der Waals surface area (Å²) in [6.45, 7) is 1.89. The third kappa shape index (κ3) is 3.48. The van der Waals surface area contributed by atoms with Crippen molar-refractivity contribution in [3.63, 3.8) is 0 Å². The number of ether oxygens (including phenoxy) is 2. The fourth-order valence-corrected chi connectivity index (χ4v) is 1.73. The van der Waals surface area contributed by atoms with E-state index in [1.54, 1.807) is 43.0 Å². The molecule has 0 saturated heterocycles. The van der Waals surface area contributed by atoms with Gasteiger partial charge in [-0.1, -0.05) is 11.6 Å². The first-order chi connectivity index (χ1) is 9.60.